The first kappa shape index (κ1) is 20.0. The molecule has 2 N–H and O–H groups in total. The third-order valence-corrected chi connectivity index (χ3v) is 5.96. The quantitative estimate of drug-likeness (QED) is 0.618. The molecule has 0 spiro atoms. The molecule has 7 nitrogen and oxygen atoms in total. The van der Waals surface area contributed by atoms with E-state index in [1.807, 2.05) is 44.2 Å². The topological polar surface area (TPSA) is 79.3 Å². The van der Waals surface area contributed by atoms with Crippen molar-refractivity contribution in [2.45, 2.75) is 36.6 Å². The third kappa shape index (κ3) is 4.33. The molecule has 0 aliphatic carbocycles. The molecule has 8 heteroatoms. The molecule has 1 aliphatic rings. The number of anilines is 2. The maximum Gasteiger partial charge on any atom is 0.260 e. The fourth-order valence-corrected chi connectivity index (χ4v) is 4.54. The molecule has 3 aromatic rings. The smallest absolute Gasteiger partial charge is 0.260 e. The molecule has 2 heterocycles. The lowest BCUT2D eigenvalue weighted by atomic mass is 10.2. The minimum absolute atomic E-state index is 0.0596. The van der Waals surface area contributed by atoms with E-state index in [0.29, 0.717) is 6.54 Å². The first-order valence-corrected chi connectivity index (χ1v) is 10.5. The zero-order chi connectivity index (χ0) is 21.1. The first-order valence-electron chi connectivity index (χ1n) is 9.73. The highest BCUT2D eigenvalue weighted by Crippen LogP contribution is 2.47. The van der Waals surface area contributed by atoms with Crippen LogP contribution in [0.1, 0.15) is 17.8 Å². The van der Waals surface area contributed by atoms with Crippen molar-refractivity contribution in [2.24, 2.45) is 0 Å². The van der Waals surface area contributed by atoms with Crippen LogP contribution in [0.3, 0.4) is 0 Å². The summed E-state index contributed by atoms with van der Waals surface area (Å²) < 4.78 is 1.61. The van der Waals surface area contributed by atoms with Gasteiger partial charge in [-0.1, -0.05) is 36.0 Å². The van der Waals surface area contributed by atoms with E-state index in [0.717, 1.165) is 32.6 Å². The van der Waals surface area contributed by atoms with E-state index in [1.165, 1.54) is 0 Å². The number of para-hydroxylation sites is 2. The van der Waals surface area contributed by atoms with E-state index in [9.17, 15) is 9.59 Å². The van der Waals surface area contributed by atoms with Gasteiger partial charge in [0.05, 0.1) is 17.1 Å². The van der Waals surface area contributed by atoms with Gasteiger partial charge in [-0.05, 0) is 44.2 Å². The minimum Gasteiger partial charge on any atom is -0.339 e. The number of carbonyl (C=O) groups is 2. The monoisotopic (exact) mass is 421 g/mol. The minimum atomic E-state index is -0.320. The van der Waals surface area contributed by atoms with Gasteiger partial charge >= 0.3 is 0 Å². The van der Waals surface area contributed by atoms with Gasteiger partial charge in [0.15, 0.2) is 0 Å². The first-order chi connectivity index (χ1) is 14.5. The Morgan fingerprint density at radius 2 is 1.53 bits per heavy atom. The number of hydrazine groups is 1. The third-order valence-electron chi connectivity index (χ3n) is 4.83. The summed E-state index contributed by atoms with van der Waals surface area (Å²) >= 11 is 1.73. The lowest BCUT2D eigenvalue weighted by molar-refractivity contribution is -0.129. The SMILES string of the molecule is Cc1cc(C)n(CC(=O)NNC(=O)CCN2c3ccccc3Sc3ccccc32)n1. The number of amides is 2. The molecule has 0 fully saturated rings. The van der Waals surface area contributed by atoms with E-state index < -0.39 is 0 Å². The largest absolute Gasteiger partial charge is 0.339 e. The summed E-state index contributed by atoms with van der Waals surface area (Å²) in [6, 6.07) is 18.2. The van der Waals surface area contributed by atoms with Crippen LogP contribution >= 0.6 is 11.8 Å². The Hall–Kier alpha value is -3.26. The van der Waals surface area contributed by atoms with Gasteiger partial charge in [0.2, 0.25) is 5.91 Å². The fourth-order valence-electron chi connectivity index (χ4n) is 3.45. The molecule has 0 atom stereocenters. The van der Waals surface area contributed by atoms with Crippen LogP contribution < -0.4 is 15.8 Å². The van der Waals surface area contributed by atoms with Gasteiger partial charge in [-0.25, -0.2) is 0 Å². The Bertz CT molecular complexity index is 1050. The zero-order valence-electron chi connectivity index (χ0n) is 16.9. The molecule has 1 aromatic heterocycles. The van der Waals surface area contributed by atoms with Crippen molar-refractivity contribution in [3.05, 3.63) is 66.0 Å². The summed E-state index contributed by atoms with van der Waals surface area (Å²) in [5.74, 6) is -0.565. The molecular formula is C22H23N5O2S. The van der Waals surface area contributed by atoms with Gasteiger partial charge in [-0.3, -0.25) is 25.1 Å². The number of fused-ring (bicyclic) bond motifs is 2. The second kappa shape index (κ2) is 8.62. The molecule has 2 amide bonds. The zero-order valence-corrected chi connectivity index (χ0v) is 17.7. The number of nitrogens with zero attached hydrogens (tertiary/aromatic N) is 3. The normalized spacial score (nSPS) is 12.1. The van der Waals surface area contributed by atoms with Crippen LogP contribution in [-0.4, -0.2) is 28.1 Å². The van der Waals surface area contributed by atoms with Crippen molar-refractivity contribution in [2.75, 3.05) is 11.4 Å². The highest BCUT2D eigenvalue weighted by Gasteiger charge is 2.23. The van der Waals surface area contributed by atoms with Crippen LogP contribution in [0, 0.1) is 13.8 Å². The second-order valence-electron chi connectivity index (χ2n) is 7.12. The average Bonchev–Trinajstić information content (AvgIpc) is 3.06. The molecule has 30 heavy (non-hydrogen) atoms. The highest BCUT2D eigenvalue weighted by molar-refractivity contribution is 7.99. The molecule has 1 aliphatic heterocycles. The number of hydrogen-bond acceptors (Lipinski definition) is 5. The predicted molar refractivity (Wildman–Crippen MR) is 117 cm³/mol. The maximum atomic E-state index is 12.4. The highest BCUT2D eigenvalue weighted by atomic mass is 32.2. The van der Waals surface area contributed by atoms with Gasteiger partial charge < -0.3 is 4.90 Å². The predicted octanol–water partition coefficient (Wildman–Crippen LogP) is 3.34. The van der Waals surface area contributed by atoms with E-state index in [1.54, 1.807) is 16.4 Å². The van der Waals surface area contributed by atoms with Gasteiger partial charge in [0.25, 0.3) is 5.91 Å². The molecule has 154 valence electrons. The molecular weight excluding hydrogens is 398 g/mol. The van der Waals surface area contributed by atoms with Gasteiger partial charge in [0, 0.05) is 28.5 Å². The molecule has 2 aromatic carbocycles. The summed E-state index contributed by atoms with van der Waals surface area (Å²) in [4.78, 5) is 28.9. The van der Waals surface area contributed by atoms with Gasteiger partial charge in [-0.2, -0.15) is 5.10 Å². The van der Waals surface area contributed by atoms with Crippen LogP contribution in [0.2, 0.25) is 0 Å². The van der Waals surface area contributed by atoms with Crippen molar-refractivity contribution in [3.8, 4) is 0 Å². The number of hydrogen-bond donors (Lipinski definition) is 2. The average molecular weight is 422 g/mol. The lowest BCUT2D eigenvalue weighted by Gasteiger charge is -2.32. The molecule has 0 bridgehead atoms. The molecule has 0 radical (unpaired) electrons. The Morgan fingerprint density at radius 1 is 0.933 bits per heavy atom. The Kier molecular flexibility index (Phi) is 5.76. The van der Waals surface area contributed by atoms with Gasteiger partial charge in [-0.15, -0.1) is 0 Å². The standard InChI is InChI=1S/C22H23N5O2S/c1-15-13-16(2)27(25-15)14-22(29)24-23-21(28)11-12-26-17-7-3-5-9-19(17)30-20-10-6-4-8-18(20)26/h3-10,13H,11-12,14H2,1-2H3,(H,23,28)(H,24,29). The number of nitrogens with one attached hydrogen (secondary N) is 2. The summed E-state index contributed by atoms with van der Waals surface area (Å²) in [6.45, 7) is 4.33. The Balaban J connectivity index is 1.35. The lowest BCUT2D eigenvalue weighted by Crippen LogP contribution is -2.44. The fraction of sp³-hybridized carbons (Fsp3) is 0.227. The van der Waals surface area contributed by atoms with Crippen molar-refractivity contribution in [1.82, 2.24) is 20.6 Å². The summed E-state index contributed by atoms with van der Waals surface area (Å²) in [7, 11) is 0. The van der Waals surface area contributed by atoms with E-state index >= 15 is 0 Å². The second-order valence-corrected chi connectivity index (χ2v) is 8.20. The van der Waals surface area contributed by atoms with Gasteiger partial charge in [0.1, 0.15) is 6.54 Å². The van der Waals surface area contributed by atoms with Crippen molar-refractivity contribution in [3.63, 3.8) is 0 Å². The number of aryl methyl sites for hydroxylation is 2. The molecule has 0 saturated heterocycles. The van der Waals surface area contributed by atoms with E-state index in [4.69, 9.17) is 0 Å². The van der Waals surface area contributed by atoms with E-state index in [2.05, 4.69) is 45.1 Å². The van der Waals surface area contributed by atoms with E-state index in [-0.39, 0.29) is 24.8 Å². The van der Waals surface area contributed by atoms with Crippen LogP contribution in [0.5, 0.6) is 0 Å². The summed E-state index contributed by atoms with van der Waals surface area (Å²) in [5.41, 5.74) is 8.90. The number of benzene rings is 2. The summed E-state index contributed by atoms with van der Waals surface area (Å²) in [5, 5.41) is 4.25. The van der Waals surface area contributed by atoms with Crippen molar-refractivity contribution < 1.29 is 9.59 Å². The summed E-state index contributed by atoms with van der Waals surface area (Å²) in [6.07, 6.45) is 0.244. The Morgan fingerprint density at radius 3 is 2.13 bits per heavy atom. The van der Waals surface area contributed by atoms with Crippen LogP contribution in [0.4, 0.5) is 11.4 Å². The number of rotatable bonds is 5. The maximum absolute atomic E-state index is 12.4. The van der Waals surface area contributed by atoms with Crippen LogP contribution in [0.25, 0.3) is 0 Å². The van der Waals surface area contributed by atoms with Crippen molar-refractivity contribution in [1.29, 1.82) is 0 Å². The molecule has 4 rings (SSSR count). The number of aromatic nitrogens is 2. The number of carbonyl (C=O) groups excluding carboxylic acids is 2. The molecule has 0 unspecified atom stereocenters. The van der Waals surface area contributed by atoms with Crippen molar-refractivity contribution >= 4 is 35.0 Å². The Labute approximate surface area is 179 Å². The molecule has 0 saturated carbocycles. The van der Waals surface area contributed by atoms with Crippen LogP contribution in [-0.2, 0) is 16.1 Å². The van der Waals surface area contributed by atoms with Crippen LogP contribution in [0.15, 0.2) is 64.4 Å².